The maximum Gasteiger partial charge on any atom is 0.252 e. The number of amides is 1. The summed E-state index contributed by atoms with van der Waals surface area (Å²) in [6.07, 6.45) is 0. The summed E-state index contributed by atoms with van der Waals surface area (Å²) in [6.45, 7) is 1.47. The van der Waals surface area contributed by atoms with Gasteiger partial charge in [0.25, 0.3) is 5.91 Å². The topological polar surface area (TPSA) is 63.2 Å². The number of nitrogens with one attached hydrogen (secondary N) is 1. The molecule has 18 heavy (non-hydrogen) atoms. The van der Waals surface area contributed by atoms with E-state index >= 15 is 0 Å². The van der Waals surface area contributed by atoms with Crippen LogP contribution in [0.25, 0.3) is 0 Å². The van der Waals surface area contributed by atoms with Crippen LogP contribution < -0.4 is 5.32 Å². The molecule has 1 amide bonds. The smallest absolute Gasteiger partial charge is 0.252 e. The third kappa shape index (κ3) is 3.86. The van der Waals surface area contributed by atoms with E-state index in [1.807, 2.05) is 0 Å². The Morgan fingerprint density at radius 1 is 1.28 bits per heavy atom. The monoisotopic (exact) mass is 309 g/mol. The molecule has 0 aliphatic carbocycles. The molecule has 0 aromatic heterocycles. The molecular formula is C11H13Cl2NO3S. The molecule has 1 N–H and O–H groups in total. The fourth-order valence-corrected chi connectivity index (χ4v) is 3.32. The van der Waals surface area contributed by atoms with Crippen molar-refractivity contribution in [2.75, 3.05) is 5.75 Å². The van der Waals surface area contributed by atoms with Crippen LogP contribution in [0.1, 0.15) is 17.3 Å². The molecular weight excluding hydrogens is 297 g/mol. The van der Waals surface area contributed by atoms with Crippen molar-refractivity contribution in [3.8, 4) is 0 Å². The van der Waals surface area contributed by atoms with Crippen molar-refractivity contribution >= 4 is 38.9 Å². The molecule has 0 saturated heterocycles. The predicted molar refractivity (Wildman–Crippen MR) is 72.7 cm³/mol. The lowest BCUT2D eigenvalue weighted by Crippen LogP contribution is -2.45. The van der Waals surface area contributed by atoms with E-state index in [-0.39, 0.29) is 5.75 Å². The highest BCUT2D eigenvalue weighted by atomic mass is 35.5. The lowest BCUT2D eigenvalue weighted by Gasteiger charge is -2.19. The van der Waals surface area contributed by atoms with Crippen molar-refractivity contribution in [2.45, 2.75) is 17.1 Å². The Hall–Kier alpha value is -0.780. The number of carbonyl (C=O) groups is 1. The number of hydrogen-bond donors (Lipinski definition) is 1. The molecule has 1 unspecified atom stereocenters. The van der Waals surface area contributed by atoms with Crippen molar-refractivity contribution in [1.29, 1.82) is 0 Å². The van der Waals surface area contributed by atoms with E-state index in [0.717, 1.165) is 0 Å². The molecule has 1 rings (SSSR count). The summed E-state index contributed by atoms with van der Waals surface area (Å²) in [6, 6.07) is 8.25. The van der Waals surface area contributed by atoms with Gasteiger partial charge in [-0.25, -0.2) is 8.42 Å². The number of hydrogen-bond acceptors (Lipinski definition) is 3. The molecule has 0 aliphatic heterocycles. The van der Waals surface area contributed by atoms with Crippen LogP contribution in [0.3, 0.4) is 0 Å². The second-order valence-corrected chi connectivity index (χ2v) is 7.12. The van der Waals surface area contributed by atoms with Gasteiger partial charge in [-0.3, -0.25) is 4.79 Å². The fraction of sp³-hybridized carbons (Fsp3) is 0.364. The van der Waals surface area contributed by atoms with Gasteiger partial charge in [-0.05, 0) is 12.1 Å². The highest BCUT2D eigenvalue weighted by Gasteiger charge is 2.31. The SMILES string of the molecule is CCS(=O)(=O)C(NC(=O)c1ccccc1)C(Cl)Cl. The Labute approximate surface area is 116 Å². The molecule has 7 heteroatoms. The Morgan fingerprint density at radius 2 is 1.83 bits per heavy atom. The molecule has 0 spiro atoms. The molecule has 1 atom stereocenters. The highest BCUT2D eigenvalue weighted by Crippen LogP contribution is 2.15. The maximum atomic E-state index is 11.8. The third-order valence-corrected chi connectivity index (χ3v) is 5.10. The summed E-state index contributed by atoms with van der Waals surface area (Å²) in [5.74, 6) is -0.674. The van der Waals surface area contributed by atoms with Crippen LogP contribution in [-0.4, -0.2) is 30.3 Å². The van der Waals surface area contributed by atoms with Crippen molar-refractivity contribution < 1.29 is 13.2 Å². The second kappa shape index (κ2) is 6.41. The van der Waals surface area contributed by atoms with E-state index in [0.29, 0.717) is 5.56 Å². The zero-order chi connectivity index (χ0) is 13.8. The van der Waals surface area contributed by atoms with Gasteiger partial charge >= 0.3 is 0 Å². The molecule has 1 aromatic carbocycles. The first-order chi connectivity index (χ1) is 8.38. The molecule has 0 radical (unpaired) electrons. The van der Waals surface area contributed by atoms with Crippen LogP contribution in [0.4, 0.5) is 0 Å². The minimum Gasteiger partial charge on any atom is -0.333 e. The number of alkyl halides is 2. The fourth-order valence-electron chi connectivity index (χ4n) is 1.29. The summed E-state index contributed by atoms with van der Waals surface area (Å²) in [5, 5.41) is 1.03. The van der Waals surface area contributed by atoms with Gasteiger partial charge in [0.05, 0.1) is 0 Å². The highest BCUT2D eigenvalue weighted by molar-refractivity contribution is 7.92. The van der Waals surface area contributed by atoms with Crippen LogP contribution in [-0.2, 0) is 9.84 Å². The van der Waals surface area contributed by atoms with Crippen LogP contribution >= 0.6 is 23.2 Å². The Balaban J connectivity index is 2.90. The normalized spacial score (nSPS) is 13.3. The minimum absolute atomic E-state index is 0.150. The molecule has 0 heterocycles. The van der Waals surface area contributed by atoms with Gasteiger partial charge in [0.1, 0.15) is 4.84 Å². The van der Waals surface area contributed by atoms with Crippen LogP contribution in [0.15, 0.2) is 30.3 Å². The number of carbonyl (C=O) groups excluding carboxylic acids is 1. The van der Waals surface area contributed by atoms with Gasteiger partial charge in [-0.15, -0.1) is 23.2 Å². The van der Waals surface area contributed by atoms with Crippen molar-refractivity contribution in [1.82, 2.24) is 5.32 Å². The predicted octanol–water partition coefficient (Wildman–Crippen LogP) is 1.98. The first kappa shape index (κ1) is 15.3. The number of halogens is 2. The molecule has 0 bridgehead atoms. The summed E-state index contributed by atoms with van der Waals surface area (Å²) in [7, 11) is -3.56. The van der Waals surface area contributed by atoms with Crippen LogP contribution in [0.5, 0.6) is 0 Å². The van der Waals surface area contributed by atoms with E-state index < -0.39 is 26.0 Å². The molecule has 0 saturated carbocycles. The van der Waals surface area contributed by atoms with Gasteiger partial charge in [0, 0.05) is 11.3 Å². The Morgan fingerprint density at radius 3 is 2.28 bits per heavy atom. The lowest BCUT2D eigenvalue weighted by atomic mass is 10.2. The van der Waals surface area contributed by atoms with E-state index in [1.165, 1.54) is 6.92 Å². The average molecular weight is 310 g/mol. The first-order valence-electron chi connectivity index (χ1n) is 5.24. The summed E-state index contributed by atoms with van der Waals surface area (Å²) < 4.78 is 23.4. The standard InChI is InChI=1S/C11H13Cl2NO3S/c1-2-18(16,17)11(9(12)13)14-10(15)8-6-4-3-5-7-8/h3-7,9,11H,2H2,1H3,(H,14,15). The van der Waals surface area contributed by atoms with Gasteiger partial charge in [-0.2, -0.15) is 0 Å². The minimum atomic E-state index is -3.56. The zero-order valence-corrected chi connectivity index (χ0v) is 12.0. The van der Waals surface area contributed by atoms with E-state index in [4.69, 9.17) is 23.2 Å². The Bertz CT molecular complexity index is 502. The molecule has 1 aromatic rings. The van der Waals surface area contributed by atoms with Gasteiger partial charge in [0.15, 0.2) is 15.2 Å². The van der Waals surface area contributed by atoms with Crippen LogP contribution in [0.2, 0.25) is 0 Å². The summed E-state index contributed by atoms with van der Waals surface area (Å²) >= 11 is 11.2. The molecule has 0 fully saturated rings. The van der Waals surface area contributed by atoms with E-state index in [2.05, 4.69) is 5.32 Å². The molecule has 4 nitrogen and oxygen atoms in total. The summed E-state index contributed by atoms with van der Waals surface area (Å²) in [4.78, 5) is 10.6. The van der Waals surface area contributed by atoms with E-state index in [9.17, 15) is 13.2 Å². The zero-order valence-electron chi connectivity index (χ0n) is 9.64. The quantitative estimate of drug-likeness (QED) is 0.846. The number of rotatable bonds is 5. The average Bonchev–Trinajstić information content (AvgIpc) is 2.36. The second-order valence-electron chi connectivity index (χ2n) is 3.55. The third-order valence-electron chi connectivity index (χ3n) is 2.33. The van der Waals surface area contributed by atoms with Gasteiger partial charge in [-0.1, -0.05) is 25.1 Å². The number of sulfone groups is 1. The largest absolute Gasteiger partial charge is 0.333 e. The Kier molecular flexibility index (Phi) is 5.44. The van der Waals surface area contributed by atoms with E-state index in [1.54, 1.807) is 30.3 Å². The van der Waals surface area contributed by atoms with Gasteiger partial charge < -0.3 is 5.32 Å². The maximum absolute atomic E-state index is 11.8. The van der Waals surface area contributed by atoms with Gasteiger partial charge in [0.2, 0.25) is 0 Å². The number of benzene rings is 1. The summed E-state index contributed by atoms with van der Waals surface area (Å²) in [5.41, 5.74) is 0.350. The first-order valence-corrected chi connectivity index (χ1v) is 7.83. The van der Waals surface area contributed by atoms with Crippen molar-refractivity contribution in [3.63, 3.8) is 0 Å². The van der Waals surface area contributed by atoms with Crippen LogP contribution in [0, 0.1) is 0 Å². The van der Waals surface area contributed by atoms with Crippen molar-refractivity contribution in [2.24, 2.45) is 0 Å². The lowest BCUT2D eigenvalue weighted by molar-refractivity contribution is 0.0949. The molecule has 0 aliphatic rings. The van der Waals surface area contributed by atoms with Crippen molar-refractivity contribution in [3.05, 3.63) is 35.9 Å². The molecule has 100 valence electrons.